The fourth-order valence-electron chi connectivity index (χ4n) is 2.98. The second kappa shape index (κ2) is 8.76. The van der Waals surface area contributed by atoms with Gasteiger partial charge in [0.1, 0.15) is 5.01 Å². The van der Waals surface area contributed by atoms with Gasteiger partial charge in [-0.3, -0.25) is 4.79 Å². The van der Waals surface area contributed by atoms with Gasteiger partial charge in [0.25, 0.3) is 5.91 Å². The molecule has 3 rings (SSSR count). The highest BCUT2D eigenvalue weighted by Gasteiger charge is 2.18. The molecule has 1 aliphatic rings. The van der Waals surface area contributed by atoms with Gasteiger partial charge in [-0.2, -0.15) is 0 Å². The van der Waals surface area contributed by atoms with E-state index in [2.05, 4.69) is 10.3 Å². The summed E-state index contributed by atoms with van der Waals surface area (Å²) in [6.45, 7) is -0.256. The van der Waals surface area contributed by atoms with Crippen LogP contribution in [0.3, 0.4) is 0 Å². The summed E-state index contributed by atoms with van der Waals surface area (Å²) in [5.74, 6) is -0.798. The number of carbonyl (C=O) groups is 2. The quantitative estimate of drug-likeness (QED) is 0.652. The van der Waals surface area contributed by atoms with Crippen molar-refractivity contribution in [2.45, 2.75) is 44.6 Å². The minimum absolute atomic E-state index is 0.206. The third kappa shape index (κ3) is 5.13. The Morgan fingerprint density at radius 2 is 1.84 bits per heavy atom. The lowest BCUT2D eigenvalue weighted by molar-refractivity contribution is -0.125. The molecule has 0 saturated heterocycles. The van der Waals surface area contributed by atoms with Crippen LogP contribution in [0.25, 0.3) is 10.6 Å². The van der Waals surface area contributed by atoms with Crippen molar-refractivity contribution in [2.75, 3.05) is 6.61 Å². The molecule has 1 aromatic carbocycles. The van der Waals surface area contributed by atoms with Crippen LogP contribution >= 0.6 is 11.3 Å². The lowest BCUT2D eigenvalue weighted by Crippen LogP contribution is -2.37. The maximum atomic E-state index is 12.1. The summed E-state index contributed by atoms with van der Waals surface area (Å²) in [6.07, 6.45) is 6.76. The fraction of sp³-hybridized carbons (Fsp3) is 0.421. The maximum absolute atomic E-state index is 12.1. The Morgan fingerprint density at radius 1 is 1.12 bits per heavy atom. The number of hydrogen-bond acceptors (Lipinski definition) is 5. The van der Waals surface area contributed by atoms with Crippen LogP contribution in [0.5, 0.6) is 0 Å². The molecule has 1 N–H and O–H groups in total. The Hall–Kier alpha value is -2.21. The fourth-order valence-corrected chi connectivity index (χ4v) is 3.77. The molecule has 2 aromatic rings. The van der Waals surface area contributed by atoms with Gasteiger partial charge in [-0.25, -0.2) is 9.78 Å². The van der Waals surface area contributed by atoms with Gasteiger partial charge in [-0.1, -0.05) is 56.0 Å². The van der Waals surface area contributed by atoms with Crippen molar-refractivity contribution in [3.63, 3.8) is 0 Å². The van der Waals surface area contributed by atoms with E-state index >= 15 is 0 Å². The number of aromatic nitrogens is 1. The zero-order valence-corrected chi connectivity index (χ0v) is 14.9. The van der Waals surface area contributed by atoms with Gasteiger partial charge in [0.2, 0.25) is 0 Å². The first-order chi connectivity index (χ1) is 12.2. The number of esters is 1. The number of nitrogens with one attached hydrogen (secondary N) is 1. The lowest BCUT2D eigenvalue weighted by atomic mass is 10.1. The molecule has 0 spiro atoms. The monoisotopic (exact) mass is 358 g/mol. The van der Waals surface area contributed by atoms with Crippen LogP contribution < -0.4 is 5.32 Å². The molecule has 6 heteroatoms. The molecule has 0 bridgehead atoms. The molecular formula is C19H22N2O3S. The zero-order valence-electron chi connectivity index (χ0n) is 14.1. The Bertz CT molecular complexity index is 706. The minimum atomic E-state index is -0.561. The average molecular weight is 358 g/mol. The molecule has 25 heavy (non-hydrogen) atoms. The number of carbonyl (C=O) groups excluding carboxylic acids is 2. The van der Waals surface area contributed by atoms with E-state index < -0.39 is 5.97 Å². The highest BCUT2D eigenvalue weighted by atomic mass is 32.1. The van der Waals surface area contributed by atoms with Gasteiger partial charge in [0, 0.05) is 17.0 Å². The molecule has 1 saturated carbocycles. The van der Waals surface area contributed by atoms with Crippen LogP contribution in [0.1, 0.15) is 49.0 Å². The molecule has 0 unspecified atom stereocenters. The molecule has 1 aliphatic carbocycles. The van der Waals surface area contributed by atoms with Crippen molar-refractivity contribution in [3.05, 3.63) is 41.4 Å². The second-order valence-electron chi connectivity index (χ2n) is 6.24. The van der Waals surface area contributed by atoms with E-state index in [1.165, 1.54) is 24.2 Å². The van der Waals surface area contributed by atoms with Crippen molar-refractivity contribution in [1.82, 2.24) is 10.3 Å². The second-order valence-corrected chi connectivity index (χ2v) is 7.09. The van der Waals surface area contributed by atoms with E-state index in [1.807, 2.05) is 30.3 Å². The van der Waals surface area contributed by atoms with Crippen LogP contribution in [0.4, 0.5) is 0 Å². The summed E-state index contributed by atoms with van der Waals surface area (Å²) < 4.78 is 5.11. The van der Waals surface area contributed by atoms with E-state index in [0.717, 1.165) is 36.3 Å². The van der Waals surface area contributed by atoms with E-state index in [4.69, 9.17) is 4.74 Å². The average Bonchev–Trinajstić information content (AvgIpc) is 3.00. The van der Waals surface area contributed by atoms with Crippen LogP contribution in [-0.2, 0) is 9.53 Å². The van der Waals surface area contributed by atoms with Crippen LogP contribution in [0.15, 0.2) is 35.7 Å². The third-order valence-corrected chi connectivity index (χ3v) is 5.18. The molecule has 0 atom stereocenters. The van der Waals surface area contributed by atoms with Gasteiger partial charge in [0.15, 0.2) is 12.3 Å². The van der Waals surface area contributed by atoms with Gasteiger partial charge in [-0.05, 0) is 12.8 Å². The van der Waals surface area contributed by atoms with E-state index in [9.17, 15) is 9.59 Å². The molecule has 1 heterocycles. The van der Waals surface area contributed by atoms with Crippen molar-refractivity contribution >= 4 is 23.2 Å². The number of ether oxygens (including phenoxy) is 1. The number of hydrogen-bond donors (Lipinski definition) is 1. The van der Waals surface area contributed by atoms with Gasteiger partial charge in [0.05, 0.1) is 0 Å². The number of amides is 1. The van der Waals surface area contributed by atoms with Gasteiger partial charge < -0.3 is 10.1 Å². The molecule has 132 valence electrons. The predicted molar refractivity (Wildman–Crippen MR) is 97.5 cm³/mol. The Morgan fingerprint density at radius 3 is 2.56 bits per heavy atom. The number of nitrogens with zero attached hydrogens (tertiary/aromatic N) is 1. The first-order valence-corrected chi connectivity index (χ1v) is 9.58. The first kappa shape index (κ1) is 17.6. The van der Waals surface area contributed by atoms with Gasteiger partial charge in [-0.15, -0.1) is 11.3 Å². The Labute approximate surface area is 151 Å². The third-order valence-electron chi connectivity index (χ3n) is 4.29. The Kier molecular flexibility index (Phi) is 6.17. The zero-order chi connectivity index (χ0) is 17.5. The van der Waals surface area contributed by atoms with Crippen molar-refractivity contribution in [3.8, 4) is 10.6 Å². The SMILES string of the molecule is O=C(COC(=O)c1csc(-c2ccccc2)n1)NC1CCCCCC1. The summed E-state index contributed by atoms with van der Waals surface area (Å²) in [7, 11) is 0. The largest absolute Gasteiger partial charge is 0.451 e. The molecule has 0 aliphatic heterocycles. The first-order valence-electron chi connectivity index (χ1n) is 8.70. The van der Waals surface area contributed by atoms with Crippen LogP contribution in [-0.4, -0.2) is 29.5 Å². The molecule has 1 fully saturated rings. The summed E-state index contributed by atoms with van der Waals surface area (Å²) >= 11 is 1.38. The summed E-state index contributed by atoms with van der Waals surface area (Å²) in [5.41, 5.74) is 1.20. The van der Waals surface area contributed by atoms with Crippen molar-refractivity contribution < 1.29 is 14.3 Å². The van der Waals surface area contributed by atoms with E-state index in [-0.39, 0.29) is 24.2 Å². The van der Waals surface area contributed by atoms with Crippen LogP contribution in [0.2, 0.25) is 0 Å². The highest BCUT2D eigenvalue weighted by molar-refractivity contribution is 7.13. The normalized spacial score (nSPS) is 15.4. The summed E-state index contributed by atoms with van der Waals surface area (Å²) in [6, 6.07) is 9.86. The lowest BCUT2D eigenvalue weighted by Gasteiger charge is -2.15. The predicted octanol–water partition coefficient (Wildman–Crippen LogP) is 3.81. The Balaban J connectivity index is 1.49. The maximum Gasteiger partial charge on any atom is 0.358 e. The number of rotatable bonds is 5. The molecule has 1 aromatic heterocycles. The molecule has 5 nitrogen and oxygen atoms in total. The molecular weight excluding hydrogens is 336 g/mol. The summed E-state index contributed by atoms with van der Waals surface area (Å²) in [5, 5.41) is 5.38. The smallest absolute Gasteiger partial charge is 0.358 e. The van der Waals surface area contributed by atoms with E-state index in [1.54, 1.807) is 5.38 Å². The topological polar surface area (TPSA) is 68.3 Å². The standard InChI is InChI=1S/C19H22N2O3S/c22-17(20-15-10-6-1-2-7-11-15)12-24-19(23)16-13-25-18(21-16)14-8-4-3-5-9-14/h3-5,8-9,13,15H,1-2,6-7,10-12H2,(H,20,22). The number of thiazole rings is 1. The molecule has 0 radical (unpaired) electrons. The van der Waals surface area contributed by atoms with E-state index in [0.29, 0.717) is 0 Å². The van der Waals surface area contributed by atoms with Gasteiger partial charge >= 0.3 is 5.97 Å². The minimum Gasteiger partial charge on any atom is -0.451 e. The van der Waals surface area contributed by atoms with Crippen molar-refractivity contribution in [1.29, 1.82) is 0 Å². The molecule has 1 amide bonds. The highest BCUT2D eigenvalue weighted by Crippen LogP contribution is 2.23. The van der Waals surface area contributed by atoms with Crippen molar-refractivity contribution in [2.24, 2.45) is 0 Å². The van der Waals surface area contributed by atoms with Crippen LogP contribution in [0, 0.1) is 0 Å². The summed E-state index contributed by atoms with van der Waals surface area (Å²) in [4.78, 5) is 28.4. The number of benzene rings is 1.